The van der Waals surface area contributed by atoms with E-state index < -0.39 is 0 Å². The number of anilines is 1. The van der Waals surface area contributed by atoms with Gasteiger partial charge in [-0.15, -0.1) is 0 Å². The minimum atomic E-state index is -0.351. The van der Waals surface area contributed by atoms with Gasteiger partial charge in [-0.05, 0) is 43.3 Å². The van der Waals surface area contributed by atoms with Gasteiger partial charge in [0.05, 0.1) is 24.1 Å². The molecule has 2 aromatic carbocycles. The number of aromatic nitrogens is 2. The maximum absolute atomic E-state index is 12.1. The van der Waals surface area contributed by atoms with E-state index in [1.807, 2.05) is 19.1 Å². The second-order valence-corrected chi connectivity index (χ2v) is 5.21. The molecule has 0 aliphatic carbocycles. The molecule has 1 amide bonds. The van der Waals surface area contributed by atoms with Crippen molar-refractivity contribution in [1.82, 2.24) is 9.97 Å². The number of para-hydroxylation sites is 2. The van der Waals surface area contributed by atoms with E-state index in [0.29, 0.717) is 23.3 Å². The van der Waals surface area contributed by atoms with Gasteiger partial charge in [0.2, 0.25) is 5.91 Å². The number of ether oxygens (including phenoxy) is 1. The highest BCUT2D eigenvalue weighted by Crippen LogP contribution is 2.15. The van der Waals surface area contributed by atoms with Crippen molar-refractivity contribution in [3.63, 3.8) is 0 Å². The fraction of sp³-hybridized carbons (Fsp3) is 0.167. The predicted molar refractivity (Wildman–Crippen MR) is 92.3 cm³/mol. The van der Waals surface area contributed by atoms with Gasteiger partial charge in [0.15, 0.2) is 0 Å². The zero-order valence-electron chi connectivity index (χ0n) is 13.2. The lowest BCUT2D eigenvalue weighted by molar-refractivity contribution is -0.115. The van der Waals surface area contributed by atoms with Crippen LogP contribution in [0.5, 0.6) is 5.75 Å². The van der Waals surface area contributed by atoms with Gasteiger partial charge in [0, 0.05) is 5.69 Å². The maximum Gasteiger partial charge on any atom is 0.270 e. The Kier molecular flexibility index (Phi) is 4.56. The number of nitrogens with one attached hydrogen (secondary N) is 2. The third-order valence-electron chi connectivity index (χ3n) is 3.45. The lowest BCUT2D eigenvalue weighted by Gasteiger charge is -2.07. The predicted octanol–water partition coefficient (Wildman–Crippen LogP) is 2.50. The highest BCUT2D eigenvalue weighted by Gasteiger charge is 2.10. The average molecular weight is 323 g/mol. The third kappa shape index (κ3) is 3.60. The van der Waals surface area contributed by atoms with Gasteiger partial charge in [0.1, 0.15) is 11.4 Å². The van der Waals surface area contributed by atoms with Crippen LogP contribution in [0.15, 0.2) is 53.3 Å². The first-order valence-electron chi connectivity index (χ1n) is 7.66. The molecule has 0 saturated heterocycles. The largest absolute Gasteiger partial charge is 0.494 e. The Hall–Kier alpha value is -3.15. The number of hydrogen-bond donors (Lipinski definition) is 2. The van der Waals surface area contributed by atoms with Crippen LogP contribution in [-0.4, -0.2) is 22.5 Å². The number of carbonyl (C=O) groups is 1. The van der Waals surface area contributed by atoms with E-state index >= 15 is 0 Å². The Morgan fingerprint density at radius 2 is 1.92 bits per heavy atom. The number of aromatic amines is 1. The molecule has 3 rings (SSSR count). The summed E-state index contributed by atoms with van der Waals surface area (Å²) >= 11 is 0. The normalized spacial score (nSPS) is 10.5. The van der Waals surface area contributed by atoms with E-state index in [-0.39, 0.29) is 23.6 Å². The van der Waals surface area contributed by atoms with Crippen LogP contribution in [0.1, 0.15) is 12.6 Å². The number of rotatable bonds is 5. The summed E-state index contributed by atoms with van der Waals surface area (Å²) in [7, 11) is 0. The molecular formula is C18H17N3O3. The van der Waals surface area contributed by atoms with Gasteiger partial charge in [-0.1, -0.05) is 12.1 Å². The van der Waals surface area contributed by atoms with Crippen LogP contribution in [0.2, 0.25) is 0 Å². The lowest BCUT2D eigenvalue weighted by Crippen LogP contribution is -2.22. The van der Waals surface area contributed by atoms with Crippen LogP contribution in [0.4, 0.5) is 5.69 Å². The summed E-state index contributed by atoms with van der Waals surface area (Å²) in [4.78, 5) is 31.2. The van der Waals surface area contributed by atoms with Crippen molar-refractivity contribution in [2.45, 2.75) is 13.3 Å². The molecule has 3 aromatic rings. The van der Waals surface area contributed by atoms with Crippen LogP contribution >= 0.6 is 0 Å². The molecule has 0 unspecified atom stereocenters. The Morgan fingerprint density at radius 3 is 2.67 bits per heavy atom. The van der Waals surface area contributed by atoms with Crippen LogP contribution in [0, 0.1) is 0 Å². The van der Waals surface area contributed by atoms with Gasteiger partial charge >= 0.3 is 0 Å². The van der Waals surface area contributed by atoms with Crippen molar-refractivity contribution in [2.75, 3.05) is 11.9 Å². The molecule has 1 aromatic heterocycles. The van der Waals surface area contributed by atoms with Gasteiger partial charge in [-0.3, -0.25) is 9.59 Å². The van der Waals surface area contributed by atoms with Crippen molar-refractivity contribution >= 4 is 22.6 Å². The van der Waals surface area contributed by atoms with Crippen LogP contribution in [0.25, 0.3) is 11.0 Å². The zero-order valence-corrected chi connectivity index (χ0v) is 13.2. The number of benzene rings is 2. The van der Waals surface area contributed by atoms with Crippen LogP contribution in [-0.2, 0) is 11.2 Å². The highest BCUT2D eigenvalue weighted by atomic mass is 16.5. The quantitative estimate of drug-likeness (QED) is 0.755. The minimum absolute atomic E-state index is 0.0899. The monoisotopic (exact) mass is 323 g/mol. The van der Waals surface area contributed by atoms with E-state index in [0.717, 1.165) is 5.75 Å². The van der Waals surface area contributed by atoms with E-state index in [1.165, 1.54) is 0 Å². The summed E-state index contributed by atoms with van der Waals surface area (Å²) in [6, 6.07) is 14.3. The summed E-state index contributed by atoms with van der Waals surface area (Å²) in [6.45, 7) is 2.49. The van der Waals surface area contributed by atoms with E-state index in [1.54, 1.807) is 36.4 Å². The molecule has 6 heteroatoms. The van der Waals surface area contributed by atoms with Crippen molar-refractivity contribution in [3.05, 3.63) is 64.6 Å². The van der Waals surface area contributed by atoms with Gasteiger partial charge in [-0.25, -0.2) is 4.98 Å². The molecule has 24 heavy (non-hydrogen) atoms. The molecule has 6 nitrogen and oxygen atoms in total. The van der Waals surface area contributed by atoms with E-state index in [2.05, 4.69) is 15.3 Å². The summed E-state index contributed by atoms with van der Waals surface area (Å²) in [5.74, 6) is 0.440. The molecule has 1 heterocycles. The smallest absolute Gasteiger partial charge is 0.270 e. The average Bonchev–Trinajstić information content (AvgIpc) is 2.57. The molecule has 2 N–H and O–H groups in total. The Balaban J connectivity index is 1.72. The number of fused-ring (bicyclic) bond motifs is 1. The summed E-state index contributed by atoms with van der Waals surface area (Å²) in [6.07, 6.45) is -0.0899. The topological polar surface area (TPSA) is 84.1 Å². The number of H-pyrrole nitrogens is 1. The van der Waals surface area contributed by atoms with E-state index in [9.17, 15) is 9.59 Å². The number of amides is 1. The van der Waals surface area contributed by atoms with Gasteiger partial charge in [-0.2, -0.15) is 0 Å². The SMILES string of the molecule is CCOc1ccc(NC(=O)Cc2nc3ccccc3[nH]c2=O)cc1. The summed E-state index contributed by atoms with van der Waals surface area (Å²) in [5.41, 5.74) is 1.78. The molecular weight excluding hydrogens is 306 g/mol. The van der Waals surface area contributed by atoms with Crippen LogP contribution < -0.4 is 15.6 Å². The second kappa shape index (κ2) is 6.95. The Labute approximate surface area is 138 Å². The molecule has 0 bridgehead atoms. The molecule has 0 atom stereocenters. The van der Waals surface area contributed by atoms with Gasteiger partial charge in [0.25, 0.3) is 5.56 Å². The van der Waals surface area contributed by atoms with Crippen molar-refractivity contribution < 1.29 is 9.53 Å². The fourth-order valence-electron chi connectivity index (χ4n) is 2.35. The van der Waals surface area contributed by atoms with Gasteiger partial charge < -0.3 is 15.0 Å². The Morgan fingerprint density at radius 1 is 1.17 bits per heavy atom. The molecule has 0 radical (unpaired) electrons. The second-order valence-electron chi connectivity index (χ2n) is 5.21. The molecule has 122 valence electrons. The first kappa shape index (κ1) is 15.7. The maximum atomic E-state index is 12.1. The first-order chi connectivity index (χ1) is 11.7. The van der Waals surface area contributed by atoms with E-state index in [4.69, 9.17) is 4.74 Å². The summed E-state index contributed by atoms with van der Waals surface area (Å²) in [5, 5.41) is 2.75. The Bertz CT molecular complexity index is 917. The molecule has 0 spiro atoms. The van der Waals surface area contributed by atoms with Crippen molar-refractivity contribution in [2.24, 2.45) is 0 Å². The highest BCUT2D eigenvalue weighted by molar-refractivity contribution is 5.92. The van der Waals surface area contributed by atoms with Crippen molar-refractivity contribution in [3.8, 4) is 5.75 Å². The van der Waals surface area contributed by atoms with Crippen LogP contribution in [0.3, 0.4) is 0 Å². The molecule has 0 fully saturated rings. The molecule has 0 aliphatic heterocycles. The number of hydrogen-bond acceptors (Lipinski definition) is 4. The molecule has 0 aliphatic rings. The summed E-state index contributed by atoms with van der Waals surface area (Å²) < 4.78 is 5.35. The lowest BCUT2D eigenvalue weighted by atomic mass is 10.2. The number of carbonyl (C=O) groups excluding carboxylic acids is 1. The van der Waals surface area contributed by atoms with Crippen molar-refractivity contribution in [1.29, 1.82) is 0 Å². The third-order valence-corrected chi connectivity index (χ3v) is 3.45. The first-order valence-corrected chi connectivity index (χ1v) is 7.66. The molecule has 0 saturated carbocycles. The fourth-order valence-corrected chi connectivity index (χ4v) is 2.35. The minimum Gasteiger partial charge on any atom is -0.494 e. The number of nitrogens with zero attached hydrogens (tertiary/aromatic N) is 1. The standard InChI is InChI=1S/C18H17N3O3/c1-2-24-13-9-7-12(8-10-13)19-17(22)11-16-18(23)21-15-6-4-3-5-14(15)20-16/h3-10H,2,11H2,1H3,(H,19,22)(H,21,23). The zero-order chi connectivity index (χ0) is 16.9.